The number of benzene rings is 1. The van der Waals surface area contributed by atoms with Gasteiger partial charge in [0.15, 0.2) is 0 Å². The van der Waals surface area contributed by atoms with Gasteiger partial charge >= 0.3 is 5.97 Å². The monoisotopic (exact) mass is 420 g/mol. The Bertz CT molecular complexity index is 509. The van der Waals surface area contributed by atoms with Gasteiger partial charge in [-0.05, 0) is 47.1 Å². The van der Waals surface area contributed by atoms with Crippen molar-refractivity contribution in [2.75, 3.05) is 32.1 Å². The van der Waals surface area contributed by atoms with E-state index in [1.54, 1.807) is 11.0 Å². The van der Waals surface area contributed by atoms with Gasteiger partial charge in [0.1, 0.15) is 0 Å². The Morgan fingerprint density at radius 3 is 2.57 bits per heavy atom. The minimum Gasteiger partial charge on any atom is -0.468 e. The standard InChI is InChI=1S/C14H18Br2N2O3/c1-3-6-18(9-14(20)21-2)8-13(19)17-12-5-4-10(15)7-11(12)16/h4-5,7H,3,6,8-9H2,1-2H3,(H,17,19). The molecular formula is C14H18Br2N2O3. The highest BCUT2D eigenvalue weighted by Crippen LogP contribution is 2.26. The van der Waals surface area contributed by atoms with Crippen LogP contribution in [0.3, 0.4) is 0 Å². The molecule has 0 spiro atoms. The van der Waals surface area contributed by atoms with E-state index in [-0.39, 0.29) is 25.0 Å². The third kappa shape index (κ3) is 6.58. The fraction of sp³-hybridized carbons (Fsp3) is 0.429. The molecule has 0 radical (unpaired) electrons. The summed E-state index contributed by atoms with van der Waals surface area (Å²) in [6.45, 7) is 2.90. The smallest absolute Gasteiger partial charge is 0.319 e. The first-order valence-corrected chi connectivity index (χ1v) is 8.09. The number of methoxy groups -OCH3 is 1. The first-order valence-electron chi connectivity index (χ1n) is 6.50. The highest BCUT2D eigenvalue weighted by atomic mass is 79.9. The van der Waals surface area contributed by atoms with E-state index in [0.717, 1.165) is 15.4 Å². The second kappa shape index (κ2) is 9.17. The topological polar surface area (TPSA) is 58.6 Å². The van der Waals surface area contributed by atoms with Crippen molar-refractivity contribution in [3.05, 3.63) is 27.1 Å². The maximum Gasteiger partial charge on any atom is 0.319 e. The van der Waals surface area contributed by atoms with Crippen LogP contribution in [0.15, 0.2) is 27.1 Å². The molecule has 0 aliphatic rings. The predicted octanol–water partition coefficient (Wildman–Crippen LogP) is 3.04. The zero-order chi connectivity index (χ0) is 15.8. The second-order valence-corrected chi connectivity index (χ2v) is 6.23. The predicted molar refractivity (Wildman–Crippen MR) is 89.2 cm³/mol. The number of rotatable bonds is 7. The van der Waals surface area contributed by atoms with E-state index in [2.05, 4.69) is 41.9 Å². The summed E-state index contributed by atoms with van der Waals surface area (Å²) >= 11 is 6.75. The number of carbonyl (C=O) groups excluding carboxylic acids is 2. The summed E-state index contributed by atoms with van der Waals surface area (Å²) in [4.78, 5) is 25.1. The number of esters is 1. The zero-order valence-corrected chi connectivity index (χ0v) is 15.2. The molecule has 0 bridgehead atoms. The van der Waals surface area contributed by atoms with Gasteiger partial charge in [-0.15, -0.1) is 0 Å². The molecule has 0 saturated heterocycles. The van der Waals surface area contributed by atoms with Crippen molar-refractivity contribution in [1.29, 1.82) is 0 Å². The number of nitrogens with one attached hydrogen (secondary N) is 1. The third-order valence-corrected chi connectivity index (χ3v) is 3.84. The Balaban J connectivity index is 2.62. The van der Waals surface area contributed by atoms with E-state index < -0.39 is 0 Å². The Hall–Kier alpha value is -0.920. The second-order valence-electron chi connectivity index (χ2n) is 4.46. The number of ether oxygens (including phenoxy) is 1. The van der Waals surface area contributed by atoms with Crippen molar-refractivity contribution in [3.63, 3.8) is 0 Å². The zero-order valence-electron chi connectivity index (χ0n) is 12.0. The minimum atomic E-state index is -0.346. The summed E-state index contributed by atoms with van der Waals surface area (Å²) in [5.41, 5.74) is 0.692. The van der Waals surface area contributed by atoms with Crippen LogP contribution in [-0.2, 0) is 14.3 Å². The van der Waals surface area contributed by atoms with E-state index in [4.69, 9.17) is 0 Å². The van der Waals surface area contributed by atoms with Gasteiger partial charge in [0, 0.05) is 8.95 Å². The number of amides is 1. The lowest BCUT2D eigenvalue weighted by atomic mass is 10.3. The summed E-state index contributed by atoms with van der Waals surface area (Å²) < 4.78 is 6.35. The van der Waals surface area contributed by atoms with Crippen LogP contribution in [0, 0.1) is 0 Å². The number of halogens is 2. The van der Waals surface area contributed by atoms with Crippen LogP contribution >= 0.6 is 31.9 Å². The molecule has 0 heterocycles. The maximum absolute atomic E-state index is 12.1. The number of nitrogens with zero attached hydrogens (tertiary/aromatic N) is 1. The number of carbonyl (C=O) groups is 2. The lowest BCUT2D eigenvalue weighted by molar-refractivity contribution is -0.142. The first kappa shape index (κ1) is 18.1. The molecule has 1 aromatic carbocycles. The molecule has 5 nitrogen and oxygen atoms in total. The average molecular weight is 422 g/mol. The quantitative estimate of drug-likeness (QED) is 0.687. The molecule has 0 aliphatic carbocycles. The van der Waals surface area contributed by atoms with Gasteiger partial charge in [0.25, 0.3) is 0 Å². The average Bonchev–Trinajstić information content (AvgIpc) is 2.42. The number of anilines is 1. The SMILES string of the molecule is CCCN(CC(=O)Nc1ccc(Br)cc1Br)CC(=O)OC. The summed E-state index contributed by atoms with van der Waals surface area (Å²) in [5.74, 6) is -0.517. The Kier molecular flexibility index (Phi) is 7.92. The summed E-state index contributed by atoms with van der Waals surface area (Å²) in [5, 5.41) is 2.82. The molecule has 21 heavy (non-hydrogen) atoms. The van der Waals surface area contributed by atoms with E-state index >= 15 is 0 Å². The molecular weight excluding hydrogens is 404 g/mol. The van der Waals surface area contributed by atoms with Gasteiger partial charge in [0.05, 0.1) is 25.9 Å². The molecule has 116 valence electrons. The highest BCUT2D eigenvalue weighted by molar-refractivity contribution is 9.11. The third-order valence-electron chi connectivity index (χ3n) is 2.69. The Morgan fingerprint density at radius 1 is 1.29 bits per heavy atom. The molecule has 7 heteroatoms. The molecule has 1 rings (SSSR count). The molecule has 0 aromatic heterocycles. The number of hydrogen-bond acceptors (Lipinski definition) is 4. The molecule has 1 amide bonds. The molecule has 0 fully saturated rings. The highest BCUT2D eigenvalue weighted by Gasteiger charge is 2.15. The van der Waals surface area contributed by atoms with Crippen molar-refractivity contribution in [3.8, 4) is 0 Å². The maximum atomic E-state index is 12.1. The van der Waals surface area contributed by atoms with Crippen LogP contribution in [0.4, 0.5) is 5.69 Å². The largest absolute Gasteiger partial charge is 0.468 e. The Labute approximate surface area is 141 Å². The fourth-order valence-electron chi connectivity index (χ4n) is 1.76. The summed E-state index contributed by atoms with van der Waals surface area (Å²) in [6.07, 6.45) is 0.853. The van der Waals surface area contributed by atoms with Crippen molar-refractivity contribution in [2.24, 2.45) is 0 Å². The van der Waals surface area contributed by atoms with E-state index in [9.17, 15) is 9.59 Å². The van der Waals surface area contributed by atoms with E-state index in [1.165, 1.54) is 7.11 Å². The van der Waals surface area contributed by atoms with Crippen molar-refractivity contribution in [1.82, 2.24) is 4.90 Å². The molecule has 0 aliphatic heterocycles. The van der Waals surface area contributed by atoms with Crippen LogP contribution in [0.1, 0.15) is 13.3 Å². The molecule has 0 saturated carbocycles. The molecule has 0 unspecified atom stereocenters. The lowest BCUT2D eigenvalue weighted by Gasteiger charge is -2.19. The number of hydrogen-bond donors (Lipinski definition) is 1. The Morgan fingerprint density at radius 2 is 2.00 bits per heavy atom. The van der Waals surface area contributed by atoms with Crippen LogP contribution < -0.4 is 5.32 Å². The van der Waals surface area contributed by atoms with Crippen LogP contribution in [0.2, 0.25) is 0 Å². The summed E-state index contributed by atoms with van der Waals surface area (Å²) in [6, 6.07) is 5.50. The minimum absolute atomic E-state index is 0.110. The van der Waals surface area contributed by atoms with Gasteiger partial charge in [-0.3, -0.25) is 14.5 Å². The summed E-state index contributed by atoms with van der Waals surface area (Å²) in [7, 11) is 1.34. The van der Waals surface area contributed by atoms with Crippen LogP contribution in [0.5, 0.6) is 0 Å². The van der Waals surface area contributed by atoms with Crippen molar-refractivity contribution < 1.29 is 14.3 Å². The molecule has 1 aromatic rings. The first-order chi connectivity index (χ1) is 9.96. The molecule has 0 atom stereocenters. The van der Waals surface area contributed by atoms with E-state index in [1.807, 2.05) is 19.1 Å². The van der Waals surface area contributed by atoms with Crippen LogP contribution in [0.25, 0.3) is 0 Å². The van der Waals surface area contributed by atoms with Gasteiger partial charge in [0.2, 0.25) is 5.91 Å². The lowest BCUT2D eigenvalue weighted by Crippen LogP contribution is -2.37. The fourth-order valence-corrected chi connectivity index (χ4v) is 2.91. The molecule has 1 N–H and O–H groups in total. The van der Waals surface area contributed by atoms with Gasteiger partial charge < -0.3 is 10.1 Å². The normalized spacial score (nSPS) is 10.5. The van der Waals surface area contributed by atoms with Gasteiger partial charge in [-0.1, -0.05) is 22.9 Å². The van der Waals surface area contributed by atoms with Gasteiger partial charge in [-0.25, -0.2) is 0 Å². The van der Waals surface area contributed by atoms with Crippen molar-refractivity contribution in [2.45, 2.75) is 13.3 Å². The van der Waals surface area contributed by atoms with Crippen LogP contribution in [-0.4, -0.2) is 43.5 Å². The van der Waals surface area contributed by atoms with Gasteiger partial charge in [-0.2, -0.15) is 0 Å². The van der Waals surface area contributed by atoms with E-state index in [0.29, 0.717) is 12.2 Å². The van der Waals surface area contributed by atoms with Crippen molar-refractivity contribution >= 4 is 49.4 Å².